The van der Waals surface area contributed by atoms with Crippen LogP contribution in [0.2, 0.25) is 10.0 Å². The predicted molar refractivity (Wildman–Crippen MR) is 103 cm³/mol. The second-order valence-corrected chi connectivity index (χ2v) is 7.10. The zero-order chi connectivity index (χ0) is 19.6. The molecule has 0 fully saturated rings. The Labute approximate surface area is 163 Å². The Balaban J connectivity index is 1.79. The number of aromatic nitrogens is 4. The van der Waals surface area contributed by atoms with Crippen LogP contribution in [0.15, 0.2) is 32.3 Å². The summed E-state index contributed by atoms with van der Waals surface area (Å²) in [5.74, 6) is -0.182. The summed E-state index contributed by atoms with van der Waals surface area (Å²) in [4.78, 5) is 25.2. The first-order chi connectivity index (χ1) is 12.8. The van der Waals surface area contributed by atoms with Crippen molar-refractivity contribution >= 4 is 28.9 Å². The Bertz CT molecular complexity index is 1050. The first-order valence-corrected chi connectivity index (χ1v) is 8.94. The van der Waals surface area contributed by atoms with E-state index in [1.807, 2.05) is 13.8 Å². The third kappa shape index (κ3) is 4.58. The predicted octanol–water partition coefficient (Wildman–Crippen LogP) is 3.08. The van der Waals surface area contributed by atoms with Crippen molar-refractivity contribution in [3.05, 3.63) is 71.8 Å². The molecule has 0 bridgehead atoms. The molecule has 142 valence electrons. The maximum Gasteiger partial charge on any atom is 0.438 e. The molecule has 0 amide bonds. The molecule has 1 aromatic carbocycles. The summed E-state index contributed by atoms with van der Waals surface area (Å²) >= 11 is 12.8. The maximum absolute atomic E-state index is 11.8. The van der Waals surface area contributed by atoms with Gasteiger partial charge in [0.15, 0.2) is 5.82 Å². The number of hydrogen-bond donors (Lipinski definition) is 3. The summed E-state index contributed by atoms with van der Waals surface area (Å²) in [6, 6.07) is 5.20. The van der Waals surface area contributed by atoms with Gasteiger partial charge in [-0.05, 0) is 29.7 Å². The van der Waals surface area contributed by atoms with Crippen molar-refractivity contribution in [2.75, 3.05) is 5.32 Å². The van der Waals surface area contributed by atoms with Crippen molar-refractivity contribution in [3.63, 3.8) is 0 Å². The van der Waals surface area contributed by atoms with Gasteiger partial charge in [-0.25, -0.2) is 9.89 Å². The number of rotatable bonds is 6. The molecule has 0 radical (unpaired) electrons. The zero-order valence-corrected chi connectivity index (χ0v) is 16.1. The first kappa shape index (κ1) is 19.2. The van der Waals surface area contributed by atoms with Gasteiger partial charge in [-0.3, -0.25) is 14.3 Å². The molecule has 2 heterocycles. The average Bonchev–Trinajstić information content (AvgIpc) is 3.03. The molecule has 0 aliphatic heterocycles. The minimum Gasteiger partial charge on any atom is -0.378 e. The number of nitrogens with zero attached hydrogens (tertiary/aromatic N) is 2. The van der Waals surface area contributed by atoms with Crippen LogP contribution in [0.5, 0.6) is 0 Å². The topological polar surface area (TPSA) is 117 Å². The fourth-order valence-corrected chi connectivity index (χ4v) is 3.18. The fraction of sp³-hybridized carbons (Fsp3) is 0.294. The van der Waals surface area contributed by atoms with Crippen LogP contribution in [-0.2, 0) is 13.0 Å². The van der Waals surface area contributed by atoms with E-state index >= 15 is 0 Å². The van der Waals surface area contributed by atoms with E-state index in [1.54, 1.807) is 18.2 Å². The van der Waals surface area contributed by atoms with Crippen LogP contribution >= 0.6 is 23.2 Å². The molecule has 0 aliphatic carbocycles. The van der Waals surface area contributed by atoms with E-state index in [2.05, 4.69) is 30.2 Å². The molecule has 0 atom stereocenters. The van der Waals surface area contributed by atoms with Gasteiger partial charge >= 0.3 is 5.76 Å². The highest BCUT2D eigenvalue weighted by molar-refractivity contribution is 6.36. The van der Waals surface area contributed by atoms with Gasteiger partial charge in [-0.2, -0.15) is 5.10 Å². The summed E-state index contributed by atoms with van der Waals surface area (Å²) in [6.45, 7) is 4.13. The second-order valence-electron chi connectivity index (χ2n) is 6.29. The Hall–Kier alpha value is -2.58. The van der Waals surface area contributed by atoms with Crippen LogP contribution < -0.4 is 16.6 Å². The number of nitrogens with one attached hydrogen (secondary N) is 3. The lowest BCUT2D eigenvalue weighted by Crippen LogP contribution is -2.17. The van der Waals surface area contributed by atoms with Crippen LogP contribution in [0, 0.1) is 0 Å². The number of H-pyrrole nitrogens is 2. The van der Waals surface area contributed by atoms with E-state index in [0.717, 1.165) is 0 Å². The molecular formula is C17H17Cl2N5O3. The molecule has 3 aromatic rings. The van der Waals surface area contributed by atoms with Crippen molar-refractivity contribution in [2.45, 2.75) is 32.7 Å². The third-order valence-electron chi connectivity index (χ3n) is 3.95. The molecule has 3 rings (SSSR count). The molecule has 0 aliphatic rings. The van der Waals surface area contributed by atoms with Crippen LogP contribution in [0.3, 0.4) is 0 Å². The van der Waals surface area contributed by atoms with Gasteiger partial charge < -0.3 is 5.32 Å². The third-order valence-corrected chi connectivity index (χ3v) is 4.63. The van der Waals surface area contributed by atoms with Crippen molar-refractivity contribution in [3.8, 4) is 0 Å². The highest BCUT2D eigenvalue weighted by atomic mass is 35.5. The van der Waals surface area contributed by atoms with Crippen LogP contribution in [0.1, 0.15) is 42.4 Å². The Morgan fingerprint density at radius 2 is 1.89 bits per heavy atom. The highest BCUT2D eigenvalue weighted by Gasteiger charge is 2.13. The van der Waals surface area contributed by atoms with Gasteiger partial charge in [0, 0.05) is 27.7 Å². The van der Waals surface area contributed by atoms with E-state index in [9.17, 15) is 9.59 Å². The van der Waals surface area contributed by atoms with E-state index in [0.29, 0.717) is 44.8 Å². The molecule has 0 saturated carbocycles. The first-order valence-electron chi connectivity index (χ1n) is 8.18. The lowest BCUT2D eigenvalue weighted by Gasteiger charge is -2.12. The van der Waals surface area contributed by atoms with Gasteiger partial charge in [0.05, 0.1) is 12.2 Å². The molecule has 27 heavy (non-hydrogen) atoms. The van der Waals surface area contributed by atoms with Crippen molar-refractivity contribution in [1.29, 1.82) is 0 Å². The number of aromatic amines is 2. The highest BCUT2D eigenvalue weighted by Crippen LogP contribution is 2.31. The SMILES string of the molecule is CC(C)c1cc(Cc2c(Cl)cc(NCc3noc(=O)[nH]3)cc2Cl)n[nH]c1=O. The molecule has 10 heteroatoms. The van der Waals surface area contributed by atoms with Crippen molar-refractivity contribution in [1.82, 2.24) is 20.3 Å². The van der Waals surface area contributed by atoms with Crippen molar-refractivity contribution < 1.29 is 4.52 Å². The minimum atomic E-state index is -0.618. The molecule has 0 unspecified atom stereocenters. The van der Waals surface area contributed by atoms with Gasteiger partial charge in [0.2, 0.25) is 0 Å². The van der Waals surface area contributed by atoms with Gasteiger partial charge in [0.25, 0.3) is 5.56 Å². The number of anilines is 1. The Morgan fingerprint density at radius 1 is 1.19 bits per heavy atom. The Morgan fingerprint density at radius 3 is 2.48 bits per heavy atom. The standard InChI is InChI=1S/C17H17Cl2N5O3/c1-8(2)11-3-10(22-23-16(11)25)4-12-13(18)5-9(6-14(12)19)20-7-15-21-17(26)27-24-15/h3,5-6,8,20H,4,7H2,1-2H3,(H,23,25)(H,21,24,26). The number of halogens is 2. The van der Waals surface area contributed by atoms with Crippen LogP contribution in [0.4, 0.5) is 5.69 Å². The van der Waals surface area contributed by atoms with E-state index < -0.39 is 5.76 Å². The fourth-order valence-electron chi connectivity index (χ4n) is 2.56. The zero-order valence-electron chi connectivity index (χ0n) is 14.6. The van der Waals surface area contributed by atoms with Crippen molar-refractivity contribution in [2.24, 2.45) is 0 Å². The summed E-state index contributed by atoms with van der Waals surface area (Å²) in [5, 5.41) is 14.1. The van der Waals surface area contributed by atoms with Gasteiger partial charge in [-0.15, -0.1) is 0 Å². The summed E-state index contributed by atoms with van der Waals surface area (Å²) in [7, 11) is 0. The minimum absolute atomic E-state index is 0.0796. The van der Waals surface area contributed by atoms with E-state index in [4.69, 9.17) is 23.2 Å². The molecule has 8 nitrogen and oxygen atoms in total. The largest absolute Gasteiger partial charge is 0.438 e. The monoisotopic (exact) mass is 409 g/mol. The second kappa shape index (κ2) is 7.98. The average molecular weight is 410 g/mol. The maximum atomic E-state index is 11.8. The summed E-state index contributed by atoms with van der Waals surface area (Å²) in [6.07, 6.45) is 0.380. The van der Waals surface area contributed by atoms with Crippen LogP contribution in [-0.4, -0.2) is 20.3 Å². The molecule has 2 aromatic heterocycles. The molecular weight excluding hydrogens is 393 g/mol. The summed E-state index contributed by atoms with van der Waals surface area (Å²) < 4.78 is 4.44. The van der Waals surface area contributed by atoms with Gasteiger partial charge in [-0.1, -0.05) is 42.2 Å². The smallest absolute Gasteiger partial charge is 0.378 e. The number of hydrogen-bond acceptors (Lipinski definition) is 6. The summed E-state index contributed by atoms with van der Waals surface area (Å²) in [5.41, 5.74) is 2.49. The number of benzene rings is 1. The van der Waals surface area contributed by atoms with E-state index in [1.165, 1.54) is 0 Å². The lowest BCUT2D eigenvalue weighted by atomic mass is 10.0. The van der Waals surface area contributed by atoms with Gasteiger partial charge in [0.1, 0.15) is 0 Å². The molecule has 0 saturated heterocycles. The van der Waals surface area contributed by atoms with Crippen LogP contribution in [0.25, 0.3) is 0 Å². The molecule has 0 spiro atoms. The molecule has 3 N–H and O–H groups in total. The lowest BCUT2D eigenvalue weighted by molar-refractivity contribution is 0.382. The van der Waals surface area contributed by atoms with E-state index in [-0.39, 0.29) is 18.0 Å². The Kier molecular flexibility index (Phi) is 5.67. The quantitative estimate of drug-likeness (QED) is 0.575. The normalized spacial score (nSPS) is 11.1.